The summed E-state index contributed by atoms with van der Waals surface area (Å²) in [5.74, 6) is 1.76. The van der Waals surface area contributed by atoms with E-state index in [9.17, 15) is 9.59 Å². The molecule has 0 spiro atoms. The molecule has 0 aliphatic rings. The van der Waals surface area contributed by atoms with Gasteiger partial charge in [0.15, 0.2) is 0 Å². The molecule has 96 valence electrons. The molecule has 0 saturated carbocycles. The minimum absolute atomic E-state index is 0.305. The molecule has 0 aromatic rings. The Morgan fingerprint density at radius 3 is 1.12 bits per heavy atom. The van der Waals surface area contributed by atoms with E-state index in [1.807, 2.05) is 0 Å². The molecule has 0 rings (SSSR count). The van der Waals surface area contributed by atoms with Gasteiger partial charge in [0.1, 0.15) is 11.6 Å². The van der Waals surface area contributed by atoms with Crippen LogP contribution >= 0.6 is 0 Å². The van der Waals surface area contributed by atoms with E-state index in [1.165, 1.54) is 0 Å². The zero-order valence-electron chi connectivity index (χ0n) is 11.8. The summed E-state index contributed by atoms with van der Waals surface area (Å²) in [6, 6.07) is 0. The maximum atomic E-state index is 10.4. The molecule has 2 atom stereocenters. The van der Waals surface area contributed by atoms with Crippen LogP contribution in [0.2, 0.25) is 0 Å². The molecule has 0 unspecified atom stereocenters. The maximum Gasteiger partial charge on any atom is 0.130 e. The fraction of sp³-hybridized carbons (Fsp3) is 0.857. The van der Waals surface area contributed by atoms with Crippen molar-refractivity contribution < 1.29 is 9.59 Å². The highest BCUT2D eigenvalue weighted by atomic mass is 16.1. The van der Waals surface area contributed by atoms with Gasteiger partial charge >= 0.3 is 0 Å². The van der Waals surface area contributed by atoms with Crippen LogP contribution in [0.4, 0.5) is 0 Å². The molecule has 0 amide bonds. The van der Waals surface area contributed by atoms with Gasteiger partial charge in [0, 0.05) is 12.8 Å². The van der Waals surface area contributed by atoms with Crippen molar-refractivity contribution in [2.45, 2.75) is 67.2 Å². The Morgan fingerprint density at radius 1 is 0.812 bits per heavy atom. The first-order chi connectivity index (χ1) is 7.33. The van der Waals surface area contributed by atoms with E-state index in [0.717, 1.165) is 25.7 Å². The van der Waals surface area contributed by atoms with E-state index in [4.69, 9.17) is 0 Å². The van der Waals surface area contributed by atoms with Gasteiger partial charge in [-0.3, -0.25) is 0 Å². The molecule has 0 aromatic carbocycles. The third-order valence-electron chi connectivity index (χ3n) is 2.67. The Morgan fingerprint density at radius 2 is 1.06 bits per heavy atom. The van der Waals surface area contributed by atoms with Crippen molar-refractivity contribution in [3.8, 4) is 0 Å². The summed E-state index contributed by atoms with van der Waals surface area (Å²) in [5, 5.41) is 0. The first-order valence-corrected chi connectivity index (χ1v) is 6.32. The average molecular weight is 228 g/mol. The molecule has 0 N–H and O–H groups in total. The third-order valence-corrected chi connectivity index (χ3v) is 2.67. The lowest BCUT2D eigenvalue weighted by molar-refractivity contribution is -0.118. The second-order valence-corrected chi connectivity index (χ2v) is 4.84. The highest BCUT2D eigenvalue weighted by Crippen LogP contribution is 2.05. The van der Waals surface area contributed by atoms with Crippen LogP contribution in [0.1, 0.15) is 67.2 Å². The van der Waals surface area contributed by atoms with Gasteiger partial charge in [-0.2, -0.15) is 0 Å². The van der Waals surface area contributed by atoms with Crippen LogP contribution < -0.4 is 0 Å². The monoisotopic (exact) mass is 228 g/mol. The summed E-state index contributed by atoms with van der Waals surface area (Å²) in [5.41, 5.74) is 0. The van der Waals surface area contributed by atoms with Gasteiger partial charge in [0.25, 0.3) is 0 Å². The zero-order chi connectivity index (χ0) is 13.1. The molecule has 0 fully saturated rings. The van der Waals surface area contributed by atoms with Gasteiger partial charge in [-0.05, 0) is 25.7 Å². The van der Waals surface area contributed by atoms with Crippen LogP contribution in [0, 0.1) is 11.8 Å². The molecule has 0 aliphatic heterocycles. The quantitative estimate of drug-likeness (QED) is 0.688. The van der Waals surface area contributed by atoms with Crippen LogP contribution in [0.15, 0.2) is 0 Å². The van der Waals surface area contributed by atoms with Crippen molar-refractivity contribution in [2.75, 3.05) is 0 Å². The molecule has 0 heterocycles. The van der Waals surface area contributed by atoms with Crippen molar-refractivity contribution >= 4 is 11.6 Å². The Kier molecular flexibility index (Phi) is 12.0. The lowest BCUT2D eigenvalue weighted by atomic mass is 10.0. The molecule has 0 saturated heterocycles. The first-order valence-electron chi connectivity index (χ1n) is 6.32. The fourth-order valence-electron chi connectivity index (χ4n) is 1.27. The molecule has 0 aromatic heterocycles. The van der Waals surface area contributed by atoms with Crippen LogP contribution in [0.3, 0.4) is 0 Å². The highest BCUT2D eigenvalue weighted by Gasteiger charge is 2.00. The number of carbonyl (C=O) groups excluding carboxylic acids is 2. The van der Waals surface area contributed by atoms with Crippen LogP contribution in [0.5, 0.6) is 0 Å². The minimum atomic E-state index is 0.305. The average Bonchev–Trinajstić information content (AvgIpc) is 2.16. The Balaban J connectivity index is 0. The zero-order valence-corrected chi connectivity index (χ0v) is 11.8. The van der Waals surface area contributed by atoms with E-state index in [2.05, 4.69) is 27.7 Å². The normalized spacial score (nSPS) is 13.4. The molecular weight excluding hydrogens is 200 g/mol. The van der Waals surface area contributed by atoms with Gasteiger partial charge in [0.05, 0.1) is 0 Å². The van der Waals surface area contributed by atoms with Crippen molar-refractivity contribution in [2.24, 2.45) is 11.8 Å². The molecule has 16 heavy (non-hydrogen) atoms. The largest absolute Gasteiger partial charge is 0.300 e. The molecular formula is C14H28O2. The maximum absolute atomic E-state index is 10.4. The molecule has 0 bridgehead atoms. The van der Waals surface area contributed by atoms with Crippen molar-refractivity contribution in [3.63, 3.8) is 0 Å². The summed E-state index contributed by atoms with van der Waals surface area (Å²) in [4.78, 5) is 20.8. The third kappa shape index (κ3) is 15.8. The van der Waals surface area contributed by atoms with Crippen molar-refractivity contribution in [3.05, 3.63) is 0 Å². The molecule has 0 aliphatic carbocycles. The number of Topliss-reactive ketones (excluding diaryl/α,β-unsaturated/α-hetero) is 2. The van der Waals surface area contributed by atoms with E-state index >= 15 is 0 Å². The lowest BCUT2D eigenvalue weighted by Gasteiger charge is -2.01. The Bertz CT molecular complexity index is 175. The standard InChI is InChI=1S/2C7H14O/c2*1-4-6(2)5-7(3)8/h2*6H,4-5H2,1-3H3/t2*6-/m11/s1. The van der Waals surface area contributed by atoms with Crippen LogP contribution in [-0.4, -0.2) is 11.6 Å². The summed E-state index contributed by atoms with van der Waals surface area (Å²) >= 11 is 0. The summed E-state index contributed by atoms with van der Waals surface area (Å²) < 4.78 is 0. The minimum Gasteiger partial charge on any atom is -0.300 e. The smallest absolute Gasteiger partial charge is 0.130 e. The molecule has 0 radical (unpaired) electrons. The second kappa shape index (κ2) is 10.8. The van der Waals surface area contributed by atoms with Crippen LogP contribution in [-0.2, 0) is 9.59 Å². The predicted octanol–water partition coefficient (Wildman–Crippen LogP) is 4.02. The van der Waals surface area contributed by atoms with Gasteiger partial charge in [-0.1, -0.05) is 40.5 Å². The molecule has 2 heteroatoms. The van der Waals surface area contributed by atoms with E-state index in [0.29, 0.717) is 23.4 Å². The summed E-state index contributed by atoms with van der Waals surface area (Å²) in [6.07, 6.45) is 3.71. The van der Waals surface area contributed by atoms with E-state index < -0.39 is 0 Å². The van der Waals surface area contributed by atoms with Gasteiger partial charge in [-0.15, -0.1) is 0 Å². The van der Waals surface area contributed by atoms with Crippen molar-refractivity contribution in [1.82, 2.24) is 0 Å². The van der Waals surface area contributed by atoms with Gasteiger partial charge in [-0.25, -0.2) is 0 Å². The van der Waals surface area contributed by atoms with Gasteiger partial charge < -0.3 is 9.59 Å². The second-order valence-electron chi connectivity index (χ2n) is 4.84. The Labute approximate surface area is 101 Å². The SMILES string of the molecule is CC[C@@H](C)CC(C)=O.CC[C@@H](C)CC(C)=O. The predicted molar refractivity (Wildman–Crippen MR) is 69.5 cm³/mol. The first kappa shape index (κ1) is 17.7. The number of hydrogen-bond donors (Lipinski definition) is 0. The topological polar surface area (TPSA) is 34.1 Å². The fourth-order valence-corrected chi connectivity index (χ4v) is 1.27. The number of ketones is 2. The summed E-state index contributed by atoms with van der Waals surface area (Å²) in [6.45, 7) is 11.7. The number of rotatable bonds is 6. The summed E-state index contributed by atoms with van der Waals surface area (Å²) in [7, 11) is 0. The van der Waals surface area contributed by atoms with E-state index in [1.54, 1.807) is 13.8 Å². The van der Waals surface area contributed by atoms with Crippen LogP contribution in [0.25, 0.3) is 0 Å². The lowest BCUT2D eigenvalue weighted by Crippen LogP contribution is -1.98. The van der Waals surface area contributed by atoms with Crippen molar-refractivity contribution in [1.29, 1.82) is 0 Å². The Hall–Kier alpha value is -0.660. The number of carbonyl (C=O) groups is 2. The number of hydrogen-bond acceptors (Lipinski definition) is 2. The highest BCUT2D eigenvalue weighted by molar-refractivity contribution is 5.75. The molecule has 2 nitrogen and oxygen atoms in total. The van der Waals surface area contributed by atoms with Gasteiger partial charge in [0.2, 0.25) is 0 Å². The van der Waals surface area contributed by atoms with E-state index in [-0.39, 0.29) is 0 Å².